The van der Waals surface area contributed by atoms with Crippen LogP contribution in [0.3, 0.4) is 0 Å². The van der Waals surface area contributed by atoms with E-state index in [1.165, 1.54) is 23.5 Å². The molecule has 3 aromatic rings. The molecule has 3 rings (SSSR count). The Morgan fingerprint density at radius 2 is 1.92 bits per heavy atom. The molecule has 0 spiro atoms. The summed E-state index contributed by atoms with van der Waals surface area (Å²) in [5.41, 5.74) is 8.62. The highest BCUT2D eigenvalue weighted by Gasteiger charge is 2.18. The van der Waals surface area contributed by atoms with Gasteiger partial charge in [-0.05, 0) is 36.8 Å². The monoisotopic (exact) mass is 363 g/mol. The molecule has 0 saturated carbocycles. The number of nitrogen functional groups attached to an aromatic ring is 1. The maximum atomic E-state index is 14.2. The van der Waals surface area contributed by atoms with E-state index in [4.69, 9.17) is 5.73 Å². The topological polar surface area (TPSA) is 85.9 Å². The molecule has 0 unspecified atom stereocenters. The molecule has 0 fully saturated rings. The SMILES string of the molecule is Cc1cc(-c2nc(N)sc2-c2ccc(S(C)(=O)=O)c(F)c2)ccn1. The van der Waals surface area contributed by atoms with Gasteiger partial charge in [0, 0.05) is 23.7 Å². The minimum Gasteiger partial charge on any atom is -0.375 e. The van der Waals surface area contributed by atoms with E-state index in [9.17, 15) is 12.8 Å². The van der Waals surface area contributed by atoms with Crippen LogP contribution in [0.4, 0.5) is 9.52 Å². The van der Waals surface area contributed by atoms with E-state index in [0.29, 0.717) is 21.3 Å². The van der Waals surface area contributed by atoms with Gasteiger partial charge in [0.1, 0.15) is 10.7 Å². The summed E-state index contributed by atoms with van der Waals surface area (Å²) in [5.74, 6) is -0.793. The second-order valence-corrected chi connectivity index (χ2v) is 8.35. The quantitative estimate of drug-likeness (QED) is 0.771. The van der Waals surface area contributed by atoms with Crippen molar-refractivity contribution in [2.75, 3.05) is 12.0 Å². The fourth-order valence-corrected chi connectivity index (χ4v) is 3.94. The standard InChI is InChI=1S/C16H14FN3O2S2/c1-9-7-10(5-6-19-9)14-15(23-16(18)20-14)11-3-4-13(12(17)8-11)24(2,21)22/h3-8H,1-2H3,(H2,18,20). The molecular weight excluding hydrogens is 349 g/mol. The van der Waals surface area contributed by atoms with Crippen LogP contribution in [0.25, 0.3) is 21.7 Å². The zero-order valence-electron chi connectivity index (χ0n) is 12.9. The van der Waals surface area contributed by atoms with E-state index in [1.54, 1.807) is 18.3 Å². The fourth-order valence-electron chi connectivity index (χ4n) is 2.36. The molecule has 0 amide bonds. The van der Waals surface area contributed by atoms with Crippen LogP contribution < -0.4 is 5.73 Å². The third kappa shape index (κ3) is 3.15. The van der Waals surface area contributed by atoms with Gasteiger partial charge in [-0.3, -0.25) is 4.98 Å². The van der Waals surface area contributed by atoms with Crippen LogP contribution in [0, 0.1) is 12.7 Å². The number of nitrogens with zero attached hydrogens (tertiary/aromatic N) is 2. The Morgan fingerprint density at radius 1 is 1.17 bits per heavy atom. The van der Waals surface area contributed by atoms with Gasteiger partial charge in [0.15, 0.2) is 15.0 Å². The Morgan fingerprint density at radius 3 is 2.54 bits per heavy atom. The molecule has 0 atom stereocenters. The third-order valence-corrected chi connectivity index (χ3v) is 5.47. The first-order valence-corrected chi connectivity index (χ1v) is 9.66. The van der Waals surface area contributed by atoms with Crippen LogP contribution in [0.5, 0.6) is 0 Å². The first-order valence-electron chi connectivity index (χ1n) is 6.95. The summed E-state index contributed by atoms with van der Waals surface area (Å²) >= 11 is 1.22. The van der Waals surface area contributed by atoms with Crippen LogP contribution in [0.15, 0.2) is 41.4 Å². The first-order chi connectivity index (χ1) is 11.3. The zero-order valence-corrected chi connectivity index (χ0v) is 14.6. The molecule has 24 heavy (non-hydrogen) atoms. The number of aromatic nitrogens is 2. The van der Waals surface area contributed by atoms with Crippen molar-refractivity contribution in [2.45, 2.75) is 11.8 Å². The van der Waals surface area contributed by atoms with E-state index in [-0.39, 0.29) is 4.90 Å². The van der Waals surface area contributed by atoms with Gasteiger partial charge in [0.25, 0.3) is 0 Å². The summed E-state index contributed by atoms with van der Waals surface area (Å²) in [5, 5.41) is 0.349. The average Bonchev–Trinajstić information content (AvgIpc) is 2.88. The summed E-state index contributed by atoms with van der Waals surface area (Å²) in [7, 11) is -3.62. The van der Waals surface area contributed by atoms with E-state index in [0.717, 1.165) is 17.5 Å². The van der Waals surface area contributed by atoms with Crippen molar-refractivity contribution in [3.8, 4) is 21.7 Å². The molecule has 0 saturated heterocycles. The van der Waals surface area contributed by atoms with E-state index < -0.39 is 15.7 Å². The van der Waals surface area contributed by atoms with Crippen molar-refractivity contribution in [1.82, 2.24) is 9.97 Å². The van der Waals surface area contributed by atoms with Gasteiger partial charge < -0.3 is 5.73 Å². The minimum atomic E-state index is -3.62. The number of nitrogens with two attached hydrogens (primary N) is 1. The highest BCUT2D eigenvalue weighted by molar-refractivity contribution is 7.90. The summed E-state index contributed by atoms with van der Waals surface area (Å²) in [6.07, 6.45) is 2.64. The molecule has 0 bridgehead atoms. The molecule has 2 aromatic heterocycles. The highest BCUT2D eigenvalue weighted by Crippen LogP contribution is 2.38. The number of sulfone groups is 1. The van der Waals surface area contributed by atoms with Gasteiger partial charge in [-0.15, -0.1) is 0 Å². The molecular formula is C16H14FN3O2S2. The lowest BCUT2D eigenvalue weighted by Crippen LogP contribution is -2.00. The number of benzene rings is 1. The van der Waals surface area contributed by atoms with Crippen molar-refractivity contribution in [1.29, 1.82) is 0 Å². The van der Waals surface area contributed by atoms with Crippen LogP contribution in [-0.2, 0) is 9.84 Å². The summed E-state index contributed by atoms with van der Waals surface area (Å²) in [4.78, 5) is 8.82. The Bertz CT molecular complexity index is 1030. The average molecular weight is 363 g/mol. The Hall–Kier alpha value is -2.32. The van der Waals surface area contributed by atoms with Gasteiger partial charge in [0.2, 0.25) is 0 Å². The first kappa shape index (κ1) is 16.5. The lowest BCUT2D eigenvalue weighted by molar-refractivity contribution is 0.571. The second kappa shape index (κ2) is 5.95. The molecule has 0 radical (unpaired) electrons. The van der Waals surface area contributed by atoms with Crippen molar-refractivity contribution in [3.63, 3.8) is 0 Å². The number of rotatable bonds is 3. The predicted octanol–water partition coefficient (Wildman–Crippen LogP) is 3.31. The van der Waals surface area contributed by atoms with Crippen LogP contribution >= 0.6 is 11.3 Å². The van der Waals surface area contributed by atoms with E-state index in [2.05, 4.69) is 9.97 Å². The summed E-state index contributed by atoms with van der Waals surface area (Å²) < 4.78 is 37.3. The maximum absolute atomic E-state index is 14.2. The zero-order chi connectivity index (χ0) is 17.5. The number of hydrogen-bond acceptors (Lipinski definition) is 6. The van der Waals surface area contributed by atoms with Crippen molar-refractivity contribution < 1.29 is 12.8 Å². The molecule has 0 aliphatic heterocycles. The van der Waals surface area contributed by atoms with Gasteiger partial charge in [-0.25, -0.2) is 17.8 Å². The number of halogens is 1. The Kier molecular flexibility index (Phi) is 4.10. The third-order valence-electron chi connectivity index (χ3n) is 3.41. The molecule has 0 aliphatic carbocycles. The van der Waals surface area contributed by atoms with Crippen molar-refractivity contribution in [3.05, 3.63) is 48.0 Å². The largest absolute Gasteiger partial charge is 0.375 e. The van der Waals surface area contributed by atoms with Gasteiger partial charge >= 0.3 is 0 Å². The van der Waals surface area contributed by atoms with Crippen LogP contribution in [0.1, 0.15) is 5.69 Å². The van der Waals surface area contributed by atoms with Gasteiger partial charge in [-0.1, -0.05) is 17.4 Å². The second-order valence-electron chi connectivity index (χ2n) is 5.33. The van der Waals surface area contributed by atoms with Crippen LogP contribution in [-0.4, -0.2) is 24.6 Å². The number of pyridine rings is 1. The minimum absolute atomic E-state index is 0.329. The number of thiazole rings is 1. The molecule has 0 aliphatic rings. The summed E-state index contributed by atoms with van der Waals surface area (Å²) in [6, 6.07) is 7.67. The fraction of sp³-hybridized carbons (Fsp3) is 0.125. The Balaban J connectivity index is 2.16. The molecule has 8 heteroatoms. The van der Waals surface area contributed by atoms with Crippen LogP contribution in [0.2, 0.25) is 0 Å². The maximum Gasteiger partial charge on any atom is 0.181 e. The normalized spacial score (nSPS) is 11.6. The van der Waals surface area contributed by atoms with Crippen molar-refractivity contribution >= 4 is 26.3 Å². The molecule has 1 aromatic carbocycles. The lowest BCUT2D eigenvalue weighted by Gasteiger charge is -2.06. The number of anilines is 1. The number of aryl methyl sites for hydroxylation is 1. The summed E-state index contributed by atoms with van der Waals surface area (Å²) in [6.45, 7) is 1.86. The molecule has 124 valence electrons. The smallest absolute Gasteiger partial charge is 0.181 e. The van der Waals surface area contributed by atoms with Gasteiger partial charge in [0.05, 0.1) is 10.6 Å². The lowest BCUT2D eigenvalue weighted by atomic mass is 10.1. The van der Waals surface area contributed by atoms with Crippen molar-refractivity contribution in [2.24, 2.45) is 0 Å². The van der Waals surface area contributed by atoms with E-state index >= 15 is 0 Å². The predicted molar refractivity (Wildman–Crippen MR) is 93.0 cm³/mol. The molecule has 5 nitrogen and oxygen atoms in total. The number of hydrogen-bond donors (Lipinski definition) is 1. The highest BCUT2D eigenvalue weighted by atomic mass is 32.2. The Labute approximate surface area is 142 Å². The van der Waals surface area contributed by atoms with Gasteiger partial charge in [-0.2, -0.15) is 0 Å². The van der Waals surface area contributed by atoms with E-state index in [1.807, 2.05) is 13.0 Å². The molecule has 2 N–H and O–H groups in total. The molecule has 2 heterocycles.